The van der Waals surface area contributed by atoms with Crippen molar-refractivity contribution in [3.05, 3.63) is 29.3 Å². The molecule has 0 aliphatic rings. The van der Waals surface area contributed by atoms with Crippen LogP contribution in [0.15, 0.2) is 18.2 Å². The minimum atomic E-state index is -0.132. The summed E-state index contributed by atoms with van der Waals surface area (Å²) in [5.41, 5.74) is 4.69. The van der Waals surface area contributed by atoms with Gasteiger partial charge in [-0.3, -0.25) is 10.6 Å². The molecule has 0 aliphatic heterocycles. The van der Waals surface area contributed by atoms with Gasteiger partial charge >= 0.3 is 0 Å². The van der Waals surface area contributed by atoms with Crippen LogP contribution in [0, 0.1) is 6.92 Å². The van der Waals surface area contributed by atoms with Crippen LogP contribution < -0.4 is 11.3 Å². The Morgan fingerprint density at radius 1 is 1.50 bits per heavy atom. The number of rotatable bonds is 5. The maximum absolute atomic E-state index is 12.4. The number of carbonyl (C=O) groups excluding carboxylic acids is 1. The van der Waals surface area contributed by atoms with E-state index in [1.807, 2.05) is 32.9 Å². The van der Waals surface area contributed by atoms with E-state index in [0.717, 1.165) is 5.56 Å². The minimum Gasteiger partial charge on any atom is -0.395 e. The molecule has 5 nitrogen and oxygen atoms in total. The number of aliphatic hydroxyl groups is 1. The molecule has 18 heavy (non-hydrogen) atoms. The van der Waals surface area contributed by atoms with E-state index < -0.39 is 0 Å². The molecule has 0 aliphatic carbocycles. The lowest BCUT2D eigenvalue weighted by Crippen LogP contribution is -2.39. The second-order valence-corrected chi connectivity index (χ2v) is 4.51. The SMILES string of the molecule is Cc1ccc(C(=O)N(CCO)C(C)C)c(NN)c1. The largest absolute Gasteiger partial charge is 0.395 e. The number of amides is 1. The van der Waals surface area contributed by atoms with Crippen molar-refractivity contribution in [2.45, 2.75) is 26.8 Å². The molecular formula is C13H21N3O2. The van der Waals surface area contributed by atoms with E-state index in [0.29, 0.717) is 17.8 Å². The quantitative estimate of drug-likeness (QED) is 0.541. The number of anilines is 1. The molecule has 0 heterocycles. The molecule has 5 heteroatoms. The van der Waals surface area contributed by atoms with Gasteiger partial charge in [-0.15, -0.1) is 0 Å². The third-order valence-corrected chi connectivity index (χ3v) is 2.79. The van der Waals surface area contributed by atoms with Gasteiger partial charge in [-0.1, -0.05) is 6.07 Å². The van der Waals surface area contributed by atoms with Crippen molar-refractivity contribution < 1.29 is 9.90 Å². The van der Waals surface area contributed by atoms with E-state index >= 15 is 0 Å². The van der Waals surface area contributed by atoms with Crippen molar-refractivity contribution in [3.8, 4) is 0 Å². The maximum atomic E-state index is 12.4. The van der Waals surface area contributed by atoms with Crippen LogP contribution in [0.25, 0.3) is 0 Å². The van der Waals surface area contributed by atoms with Crippen LogP contribution in [0.1, 0.15) is 29.8 Å². The molecule has 1 aromatic rings. The summed E-state index contributed by atoms with van der Waals surface area (Å²) in [4.78, 5) is 14.0. The van der Waals surface area contributed by atoms with Gasteiger partial charge in [-0.2, -0.15) is 0 Å². The molecule has 0 radical (unpaired) electrons. The van der Waals surface area contributed by atoms with Gasteiger partial charge in [-0.25, -0.2) is 0 Å². The zero-order valence-corrected chi connectivity index (χ0v) is 11.1. The highest BCUT2D eigenvalue weighted by Gasteiger charge is 2.20. The fourth-order valence-corrected chi connectivity index (χ4v) is 1.82. The standard InChI is InChI=1S/C13H21N3O2/c1-9(2)16(6-7-17)13(18)11-5-4-10(3)8-12(11)15-14/h4-5,8-9,15,17H,6-7,14H2,1-3H3. The highest BCUT2D eigenvalue weighted by Crippen LogP contribution is 2.19. The van der Waals surface area contributed by atoms with Crippen molar-refractivity contribution >= 4 is 11.6 Å². The summed E-state index contributed by atoms with van der Waals surface area (Å²) in [6, 6.07) is 5.46. The van der Waals surface area contributed by atoms with Gasteiger partial charge in [0.15, 0.2) is 0 Å². The van der Waals surface area contributed by atoms with Gasteiger partial charge in [-0.05, 0) is 38.5 Å². The number of carbonyl (C=O) groups is 1. The maximum Gasteiger partial charge on any atom is 0.256 e. The molecule has 0 aromatic heterocycles. The number of nitrogens with zero attached hydrogens (tertiary/aromatic N) is 1. The Bertz CT molecular complexity index is 419. The molecule has 0 bridgehead atoms. The molecule has 0 saturated carbocycles. The van der Waals surface area contributed by atoms with Gasteiger partial charge in [0.1, 0.15) is 0 Å². The van der Waals surface area contributed by atoms with E-state index in [1.54, 1.807) is 11.0 Å². The smallest absolute Gasteiger partial charge is 0.256 e. The summed E-state index contributed by atoms with van der Waals surface area (Å²) in [5.74, 6) is 5.30. The molecule has 0 saturated heterocycles. The first kappa shape index (κ1) is 14.5. The Labute approximate surface area is 108 Å². The predicted octanol–water partition coefficient (Wildman–Crippen LogP) is 1.12. The lowest BCUT2D eigenvalue weighted by atomic mass is 10.1. The van der Waals surface area contributed by atoms with Crippen molar-refractivity contribution in [1.82, 2.24) is 4.90 Å². The number of hydrazine groups is 1. The molecular weight excluding hydrogens is 230 g/mol. The van der Waals surface area contributed by atoms with Crippen LogP contribution in [-0.4, -0.2) is 35.1 Å². The molecule has 1 rings (SSSR count). The Hall–Kier alpha value is -1.59. The van der Waals surface area contributed by atoms with Gasteiger partial charge in [0.25, 0.3) is 5.91 Å². The number of hydrogen-bond acceptors (Lipinski definition) is 4. The first-order valence-electron chi connectivity index (χ1n) is 6.00. The van der Waals surface area contributed by atoms with E-state index in [9.17, 15) is 4.79 Å². The fourth-order valence-electron chi connectivity index (χ4n) is 1.82. The monoisotopic (exact) mass is 251 g/mol. The van der Waals surface area contributed by atoms with Gasteiger partial charge in [0, 0.05) is 12.6 Å². The van der Waals surface area contributed by atoms with Gasteiger partial charge < -0.3 is 15.4 Å². The number of aliphatic hydroxyl groups excluding tert-OH is 1. The van der Waals surface area contributed by atoms with Crippen LogP contribution in [0.5, 0.6) is 0 Å². The first-order valence-corrected chi connectivity index (χ1v) is 6.00. The summed E-state index contributed by atoms with van der Waals surface area (Å²) in [6.45, 7) is 6.02. The van der Waals surface area contributed by atoms with E-state index in [4.69, 9.17) is 10.9 Å². The first-order chi connectivity index (χ1) is 8.51. The van der Waals surface area contributed by atoms with Crippen LogP contribution in [0.4, 0.5) is 5.69 Å². The average molecular weight is 251 g/mol. The predicted molar refractivity (Wildman–Crippen MR) is 72.2 cm³/mol. The molecule has 0 unspecified atom stereocenters. The van der Waals surface area contributed by atoms with Crippen molar-refractivity contribution in [2.75, 3.05) is 18.6 Å². The normalized spacial score (nSPS) is 10.6. The van der Waals surface area contributed by atoms with E-state index in [1.165, 1.54) is 0 Å². The van der Waals surface area contributed by atoms with Crippen molar-refractivity contribution in [3.63, 3.8) is 0 Å². The van der Waals surface area contributed by atoms with Crippen LogP contribution in [0.3, 0.4) is 0 Å². The van der Waals surface area contributed by atoms with Crippen LogP contribution >= 0.6 is 0 Å². The van der Waals surface area contributed by atoms with Crippen molar-refractivity contribution in [2.24, 2.45) is 5.84 Å². The number of benzene rings is 1. The van der Waals surface area contributed by atoms with Crippen LogP contribution in [0.2, 0.25) is 0 Å². The third-order valence-electron chi connectivity index (χ3n) is 2.79. The molecule has 1 aromatic carbocycles. The number of aryl methyl sites for hydroxylation is 1. The molecule has 100 valence electrons. The summed E-state index contributed by atoms with van der Waals surface area (Å²) < 4.78 is 0. The average Bonchev–Trinajstić information content (AvgIpc) is 2.34. The van der Waals surface area contributed by atoms with Crippen molar-refractivity contribution in [1.29, 1.82) is 0 Å². The molecule has 4 N–H and O–H groups in total. The Kier molecular flexibility index (Phi) is 5.12. The third kappa shape index (κ3) is 3.21. The number of nitrogens with two attached hydrogens (primary N) is 1. The van der Waals surface area contributed by atoms with Gasteiger partial charge in [0.05, 0.1) is 17.9 Å². The molecule has 0 spiro atoms. The zero-order chi connectivity index (χ0) is 13.7. The van der Waals surface area contributed by atoms with E-state index in [-0.39, 0.29) is 18.6 Å². The number of hydrogen-bond donors (Lipinski definition) is 3. The molecule has 0 fully saturated rings. The molecule has 1 amide bonds. The minimum absolute atomic E-state index is 0.0246. The highest BCUT2D eigenvalue weighted by molar-refractivity contribution is 5.99. The van der Waals surface area contributed by atoms with Gasteiger partial charge in [0.2, 0.25) is 0 Å². The fraction of sp³-hybridized carbons (Fsp3) is 0.462. The summed E-state index contributed by atoms with van der Waals surface area (Å²) in [5, 5.41) is 9.02. The van der Waals surface area contributed by atoms with E-state index in [2.05, 4.69) is 5.43 Å². The summed E-state index contributed by atoms with van der Waals surface area (Å²) in [6.07, 6.45) is 0. The lowest BCUT2D eigenvalue weighted by Gasteiger charge is -2.26. The molecule has 0 atom stereocenters. The second kappa shape index (κ2) is 6.37. The Morgan fingerprint density at radius 2 is 2.17 bits per heavy atom. The topological polar surface area (TPSA) is 78.6 Å². The summed E-state index contributed by atoms with van der Waals surface area (Å²) in [7, 11) is 0. The number of nitrogens with one attached hydrogen (secondary N) is 1. The summed E-state index contributed by atoms with van der Waals surface area (Å²) >= 11 is 0. The Balaban J connectivity index is 3.08. The highest BCUT2D eigenvalue weighted by atomic mass is 16.3. The van der Waals surface area contributed by atoms with Crippen LogP contribution in [-0.2, 0) is 0 Å². The number of nitrogen functional groups attached to an aromatic ring is 1. The Morgan fingerprint density at radius 3 is 2.67 bits per heavy atom. The lowest BCUT2D eigenvalue weighted by molar-refractivity contribution is 0.0666. The second-order valence-electron chi connectivity index (χ2n) is 4.51. The zero-order valence-electron chi connectivity index (χ0n) is 11.1.